The maximum atomic E-state index is 12.1. The van der Waals surface area contributed by atoms with Crippen molar-refractivity contribution in [1.29, 1.82) is 0 Å². The fourth-order valence-corrected chi connectivity index (χ4v) is 4.66. The number of nitrogens with zero attached hydrogens (tertiary/aromatic N) is 1. The van der Waals surface area contributed by atoms with E-state index in [2.05, 4.69) is 18.7 Å². The van der Waals surface area contributed by atoms with Crippen molar-refractivity contribution in [3.8, 4) is 0 Å². The minimum atomic E-state index is -2.91. The van der Waals surface area contributed by atoms with Gasteiger partial charge in [-0.05, 0) is 38.3 Å². The van der Waals surface area contributed by atoms with Crippen LogP contribution in [0.1, 0.15) is 34.6 Å². The number of alkyl halides is 1. The average Bonchev–Trinajstić information content (AvgIpc) is 2.36. The van der Waals surface area contributed by atoms with Gasteiger partial charge in [0.2, 0.25) is 0 Å². The third kappa shape index (κ3) is 15.1. The van der Waals surface area contributed by atoms with E-state index in [1.807, 2.05) is 20.8 Å². The van der Waals surface area contributed by atoms with E-state index in [4.69, 9.17) is 20.6 Å². The first kappa shape index (κ1) is 25.7. The van der Waals surface area contributed by atoms with E-state index in [1.165, 1.54) is 11.4 Å². The minimum absolute atomic E-state index is 0. The lowest BCUT2D eigenvalue weighted by molar-refractivity contribution is 0.236. The van der Waals surface area contributed by atoms with Crippen molar-refractivity contribution < 1.29 is 13.6 Å². The molecular formula is C12H32ClN2O3PS. The van der Waals surface area contributed by atoms with Gasteiger partial charge in [0.1, 0.15) is 0 Å². The molecule has 0 saturated carbocycles. The Bertz CT molecular complexity index is 225. The zero-order valence-corrected chi connectivity index (χ0v) is 16.0. The molecule has 0 aliphatic rings. The molecule has 0 heterocycles. The lowest BCUT2D eigenvalue weighted by Gasteiger charge is -2.20. The van der Waals surface area contributed by atoms with E-state index >= 15 is 0 Å². The molecule has 0 rings (SSSR count). The Morgan fingerprint density at radius 1 is 1.05 bits per heavy atom. The zero-order valence-electron chi connectivity index (χ0n) is 13.6. The second kappa shape index (κ2) is 17.8. The molecule has 3 N–H and O–H groups in total. The molecule has 0 bridgehead atoms. The molecule has 0 radical (unpaired) electrons. The summed E-state index contributed by atoms with van der Waals surface area (Å²) in [6.07, 6.45) is 0. The molecule has 0 aromatic carbocycles. The van der Waals surface area contributed by atoms with E-state index in [9.17, 15) is 4.57 Å². The summed E-state index contributed by atoms with van der Waals surface area (Å²) in [7, 11) is 0. The van der Waals surface area contributed by atoms with Crippen LogP contribution in [-0.2, 0) is 13.6 Å². The third-order valence-corrected chi connectivity index (χ3v) is 6.08. The van der Waals surface area contributed by atoms with E-state index in [0.717, 1.165) is 31.3 Å². The summed E-state index contributed by atoms with van der Waals surface area (Å²) in [6.45, 7) is 10.7. The normalized spacial score (nSPS) is 10.8. The van der Waals surface area contributed by atoms with Crippen LogP contribution in [0.5, 0.6) is 0 Å². The quantitative estimate of drug-likeness (QED) is 0.456. The van der Waals surface area contributed by atoms with Crippen LogP contribution in [0, 0.1) is 0 Å². The molecule has 0 amide bonds. The highest BCUT2D eigenvalue weighted by Gasteiger charge is 2.24. The molecule has 0 saturated heterocycles. The highest BCUT2D eigenvalue weighted by molar-refractivity contribution is 8.55. The first-order valence-corrected chi connectivity index (χ1v) is 10.5. The van der Waals surface area contributed by atoms with Gasteiger partial charge < -0.3 is 20.1 Å². The van der Waals surface area contributed by atoms with Gasteiger partial charge in [0.25, 0.3) is 0 Å². The van der Waals surface area contributed by atoms with Gasteiger partial charge in [0, 0.05) is 18.2 Å². The Balaban J connectivity index is -0.000000657. The summed E-state index contributed by atoms with van der Waals surface area (Å²) in [5, 5.41) is 0. The van der Waals surface area contributed by atoms with Gasteiger partial charge in [-0.3, -0.25) is 0 Å². The molecule has 5 nitrogen and oxygen atoms in total. The topological polar surface area (TPSA) is 73.8 Å². The van der Waals surface area contributed by atoms with Crippen LogP contribution < -0.4 is 6.15 Å². The van der Waals surface area contributed by atoms with E-state index in [1.54, 1.807) is 0 Å². The molecule has 0 atom stereocenters. The van der Waals surface area contributed by atoms with Gasteiger partial charge in [-0.25, -0.2) is 4.57 Å². The predicted molar refractivity (Wildman–Crippen MR) is 92.5 cm³/mol. The predicted octanol–water partition coefficient (Wildman–Crippen LogP) is 4.65. The van der Waals surface area contributed by atoms with Gasteiger partial charge >= 0.3 is 6.80 Å². The second-order valence-electron chi connectivity index (χ2n) is 3.41. The van der Waals surface area contributed by atoms with Crippen LogP contribution in [0.25, 0.3) is 0 Å². The van der Waals surface area contributed by atoms with E-state index < -0.39 is 6.80 Å². The van der Waals surface area contributed by atoms with Crippen molar-refractivity contribution >= 4 is 29.8 Å². The van der Waals surface area contributed by atoms with Gasteiger partial charge in [-0.1, -0.05) is 20.8 Å². The molecule has 0 aliphatic heterocycles. The smallest absolute Gasteiger partial charge is 0.344 e. The van der Waals surface area contributed by atoms with Crippen molar-refractivity contribution in [2.75, 3.05) is 44.5 Å². The summed E-state index contributed by atoms with van der Waals surface area (Å²) in [5.74, 6) is 1.50. The Kier molecular flexibility index (Phi) is 22.8. The molecule has 0 unspecified atom stereocenters. The number of rotatable bonds is 10. The van der Waals surface area contributed by atoms with Crippen molar-refractivity contribution in [1.82, 2.24) is 11.1 Å². The third-order valence-electron chi connectivity index (χ3n) is 2.13. The van der Waals surface area contributed by atoms with E-state index in [0.29, 0.717) is 13.2 Å². The maximum Gasteiger partial charge on any atom is 0.389 e. The summed E-state index contributed by atoms with van der Waals surface area (Å²) in [4.78, 5) is 2.29. The van der Waals surface area contributed by atoms with Crippen molar-refractivity contribution in [3.63, 3.8) is 0 Å². The maximum absolute atomic E-state index is 12.1. The fraction of sp³-hybridized carbons (Fsp3) is 1.00. The Morgan fingerprint density at radius 2 is 1.45 bits per heavy atom. The molecule has 0 aromatic rings. The molecule has 8 heteroatoms. The van der Waals surface area contributed by atoms with Crippen molar-refractivity contribution in [2.45, 2.75) is 34.6 Å². The van der Waals surface area contributed by atoms with Crippen molar-refractivity contribution in [2.24, 2.45) is 0 Å². The summed E-state index contributed by atoms with van der Waals surface area (Å²) < 4.78 is 22.5. The van der Waals surface area contributed by atoms with Crippen LogP contribution in [0.2, 0.25) is 0 Å². The first-order chi connectivity index (χ1) is 9.03. The average molecular weight is 351 g/mol. The summed E-state index contributed by atoms with van der Waals surface area (Å²) >= 11 is 6.30. The number of hydrogen-bond acceptors (Lipinski definition) is 6. The summed E-state index contributed by atoms with van der Waals surface area (Å²) in [5.41, 5.74) is 0. The second-order valence-corrected chi connectivity index (χ2v) is 8.14. The molecule has 20 heavy (non-hydrogen) atoms. The summed E-state index contributed by atoms with van der Waals surface area (Å²) in [6, 6.07) is 0. The lowest BCUT2D eigenvalue weighted by Crippen LogP contribution is -2.25. The van der Waals surface area contributed by atoms with Crippen molar-refractivity contribution in [3.05, 3.63) is 0 Å². The van der Waals surface area contributed by atoms with Crippen LogP contribution in [0.3, 0.4) is 0 Å². The SMILES string of the molecule is CCCl.CCOP(=O)(OCC)SCCN(CC)CC.N. The van der Waals surface area contributed by atoms with Crippen LogP contribution in [0.4, 0.5) is 0 Å². The highest BCUT2D eigenvalue weighted by atomic mass is 35.5. The molecule has 126 valence electrons. The van der Waals surface area contributed by atoms with Crippen LogP contribution >= 0.6 is 29.8 Å². The Hall–Kier alpha value is 0.710. The van der Waals surface area contributed by atoms with Crippen LogP contribution in [0.15, 0.2) is 0 Å². The number of halogens is 1. The van der Waals surface area contributed by atoms with Gasteiger partial charge in [-0.2, -0.15) is 0 Å². The van der Waals surface area contributed by atoms with E-state index in [-0.39, 0.29) is 6.15 Å². The largest absolute Gasteiger partial charge is 0.389 e. The lowest BCUT2D eigenvalue weighted by atomic mass is 10.5. The monoisotopic (exact) mass is 350 g/mol. The molecule has 0 fully saturated rings. The molecule has 0 aliphatic carbocycles. The molecular weight excluding hydrogens is 319 g/mol. The zero-order chi connectivity index (χ0) is 15.1. The van der Waals surface area contributed by atoms with Gasteiger partial charge in [-0.15, -0.1) is 11.6 Å². The minimum Gasteiger partial charge on any atom is -0.344 e. The van der Waals surface area contributed by atoms with Gasteiger partial charge in [0.15, 0.2) is 0 Å². The van der Waals surface area contributed by atoms with Gasteiger partial charge in [0.05, 0.1) is 13.2 Å². The standard InChI is InChI=1S/C10H24NO3PS.C2H5Cl.H3N/c1-5-11(6-2)9-10-16-15(12,13-7-3)14-8-4;1-2-3;/h5-10H2,1-4H3;2H2,1H3;1H3. The number of hydrogen-bond donors (Lipinski definition) is 1. The highest BCUT2D eigenvalue weighted by Crippen LogP contribution is 2.60. The fourth-order valence-electron chi connectivity index (χ4n) is 1.25. The Morgan fingerprint density at radius 3 is 1.75 bits per heavy atom. The molecule has 0 aromatic heterocycles. The Labute approximate surface area is 134 Å². The molecule has 0 spiro atoms. The first-order valence-electron chi connectivity index (χ1n) is 6.85. The van der Waals surface area contributed by atoms with Crippen LogP contribution in [-0.4, -0.2) is 49.4 Å².